The molecule has 0 aliphatic heterocycles. The monoisotopic (exact) mass is 563 g/mol. The number of aromatic hydroxyl groups is 1. The van der Waals surface area contributed by atoms with Gasteiger partial charge in [-0.25, -0.2) is 9.78 Å². The molecule has 212 valence electrons. The van der Waals surface area contributed by atoms with Crippen LogP contribution in [0.15, 0.2) is 36.8 Å². The zero-order valence-corrected chi connectivity index (χ0v) is 22.1. The van der Waals surface area contributed by atoms with Gasteiger partial charge in [-0.2, -0.15) is 11.8 Å². The molecular weight excluding hydrogens is 530 g/mol. The fraction of sp³-hybridized carbons (Fsp3) is 0.417. The summed E-state index contributed by atoms with van der Waals surface area (Å²) in [6.07, 6.45) is 4.18. The van der Waals surface area contributed by atoms with Gasteiger partial charge in [-0.05, 0) is 42.5 Å². The number of hydrogen-bond donors (Lipinski definition) is 8. The molecule has 0 spiro atoms. The van der Waals surface area contributed by atoms with Crippen LogP contribution in [0.25, 0.3) is 0 Å². The Kier molecular flexibility index (Phi) is 12.2. The van der Waals surface area contributed by atoms with Crippen molar-refractivity contribution < 1.29 is 34.2 Å². The Morgan fingerprint density at radius 3 is 2.15 bits per heavy atom. The van der Waals surface area contributed by atoms with E-state index in [1.54, 1.807) is 18.4 Å². The van der Waals surface area contributed by atoms with E-state index in [0.717, 1.165) is 0 Å². The molecule has 0 fully saturated rings. The zero-order chi connectivity index (χ0) is 28.9. The number of carbonyl (C=O) groups excluding carboxylic acids is 4. The Morgan fingerprint density at radius 1 is 0.974 bits per heavy atom. The van der Waals surface area contributed by atoms with Gasteiger partial charge in [0.25, 0.3) is 0 Å². The van der Waals surface area contributed by atoms with Crippen molar-refractivity contribution in [3.8, 4) is 5.75 Å². The zero-order valence-electron chi connectivity index (χ0n) is 21.3. The van der Waals surface area contributed by atoms with E-state index < -0.39 is 60.2 Å². The molecule has 39 heavy (non-hydrogen) atoms. The molecule has 0 radical (unpaired) electrons. The summed E-state index contributed by atoms with van der Waals surface area (Å²) in [6, 6.07) is 1.02. The van der Waals surface area contributed by atoms with E-state index >= 15 is 0 Å². The largest absolute Gasteiger partial charge is 0.508 e. The Balaban J connectivity index is 2.16. The molecule has 2 rings (SSSR count). The number of hydrogen-bond acceptors (Lipinski definition) is 9. The number of amides is 4. The third-order valence-corrected chi connectivity index (χ3v) is 6.25. The fourth-order valence-corrected chi connectivity index (χ4v) is 4.00. The highest BCUT2D eigenvalue weighted by Gasteiger charge is 2.31. The molecule has 0 aliphatic carbocycles. The lowest BCUT2D eigenvalue weighted by Gasteiger charge is -2.24. The number of nitrogens with two attached hydrogens (primary N) is 2. The van der Waals surface area contributed by atoms with E-state index in [4.69, 9.17) is 11.5 Å². The van der Waals surface area contributed by atoms with Crippen LogP contribution in [0.3, 0.4) is 0 Å². The molecule has 4 amide bonds. The van der Waals surface area contributed by atoms with E-state index in [-0.39, 0.29) is 25.0 Å². The van der Waals surface area contributed by atoms with Gasteiger partial charge in [-0.1, -0.05) is 12.1 Å². The second-order valence-electron chi connectivity index (χ2n) is 8.73. The molecule has 4 atom stereocenters. The van der Waals surface area contributed by atoms with Gasteiger partial charge in [-0.3, -0.25) is 19.2 Å². The number of nitrogens with one attached hydrogen (secondary N) is 4. The number of aromatic amines is 1. The lowest BCUT2D eigenvalue weighted by atomic mass is 10.0. The molecule has 1 heterocycles. The maximum Gasteiger partial charge on any atom is 0.326 e. The lowest BCUT2D eigenvalue weighted by Crippen LogP contribution is -2.58. The van der Waals surface area contributed by atoms with Crippen LogP contribution in [0.4, 0.5) is 0 Å². The first kappa shape index (κ1) is 31.1. The summed E-state index contributed by atoms with van der Waals surface area (Å²) in [4.78, 5) is 68.9. The van der Waals surface area contributed by atoms with E-state index in [2.05, 4.69) is 25.9 Å². The summed E-state index contributed by atoms with van der Waals surface area (Å²) in [5.41, 5.74) is 12.4. The molecule has 10 N–H and O–H groups in total. The summed E-state index contributed by atoms with van der Waals surface area (Å²) in [7, 11) is 0. The van der Waals surface area contributed by atoms with Gasteiger partial charge in [0.15, 0.2) is 0 Å². The molecule has 0 saturated carbocycles. The number of carboxylic acids is 1. The van der Waals surface area contributed by atoms with E-state index in [1.165, 1.54) is 36.4 Å². The van der Waals surface area contributed by atoms with E-state index in [1.807, 2.05) is 0 Å². The first-order valence-corrected chi connectivity index (χ1v) is 13.3. The molecule has 15 heteroatoms. The fourth-order valence-electron chi connectivity index (χ4n) is 3.53. The Morgan fingerprint density at radius 2 is 1.59 bits per heavy atom. The summed E-state index contributed by atoms with van der Waals surface area (Å²) in [5.74, 6) is -4.02. The number of nitrogens with zero attached hydrogens (tertiary/aromatic N) is 1. The number of imidazole rings is 1. The predicted molar refractivity (Wildman–Crippen MR) is 142 cm³/mol. The van der Waals surface area contributed by atoms with Gasteiger partial charge in [0.05, 0.1) is 18.8 Å². The quantitative estimate of drug-likeness (QED) is 0.116. The van der Waals surface area contributed by atoms with Crippen molar-refractivity contribution in [1.29, 1.82) is 0 Å². The third-order valence-electron chi connectivity index (χ3n) is 5.60. The number of primary amides is 1. The van der Waals surface area contributed by atoms with Crippen LogP contribution in [0, 0.1) is 0 Å². The normalized spacial score (nSPS) is 13.9. The van der Waals surface area contributed by atoms with Crippen LogP contribution in [0.2, 0.25) is 0 Å². The van der Waals surface area contributed by atoms with E-state index in [9.17, 15) is 34.2 Å². The molecule has 0 aliphatic rings. The number of carboxylic acid groups (broad SMARTS) is 1. The molecule has 4 unspecified atom stereocenters. The second kappa shape index (κ2) is 15.3. The second-order valence-corrected chi connectivity index (χ2v) is 9.72. The number of benzene rings is 1. The summed E-state index contributed by atoms with van der Waals surface area (Å²) >= 11 is 1.41. The molecular formula is C24H33N7O7S. The van der Waals surface area contributed by atoms with Crippen LogP contribution in [-0.4, -0.2) is 86.0 Å². The number of aromatic nitrogens is 2. The van der Waals surface area contributed by atoms with Crippen molar-refractivity contribution >= 4 is 41.4 Å². The van der Waals surface area contributed by atoms with Crippen molar-refractivity contribution in [2.24, 2.45) is 11.5 Å². The topological polar surface area (TPSA) is 243 Å². The minimum atomic E-state index is -1.45. The highest BCUT2D eigenvalue weighted by molar-refractivity contribution is 7.98. The minimum absolute atomic E-state index is 0.0441. The van der Waals surface area contributed by atoms with Crippen molar-refractivity contribution in [3.63, 3.8) is 0 Å². The number of thioether (sulfide) groups is 1. The maximum atomic E-state index is 13.1. The van der Waals surface area contributed by atoms with Crippen LogP contribution in [-0.2, 0) is 36.8 Å². The summed E-state index contributed by atoms with van der Waals surface area (Å²) in [5, 5.41) is 26.2. The average Bonchev–Trinajstić information content (AvgIpc) is 3.39. The SMILES string of the molecule is CSCCC(NC(=O)C(Cc1cnc[nH]1)NC(=O)C(CC(N)=O)NC(=O)C(N)Cc1ccc(O)cc1)C(=O)O. The molecule has 14 nitrogen and oxygen atoms in total. The van der Waals surface area contributed by atoms with Crippen LogP contribution in [0.5, 0.6) is 5.75 Å². The van der Waals surface area contributed by atoms with Crippen LogP contribution in [0.1, 0.15) is 24.1 Å². The van der Waals surface area contributed by atoms with Gasteiger partial charge in [0.2, 0.25) is 23.6 Å². The van der Waals surface area contributed by atoms with Gasteiger partial charge < -0.3 is 42.6 Å². The van der Waals surface area contributed by atoms with Gasteiger partial charge in [0, 0.05) is 18.3 Å². The Bertz CT molecular complexity index is 1130. The van der Waals surface area contributed by atoms with Crippen LogP contribution < -0.4 is 27.4 Å². The van der Waals surface area contributed by atoms with Crippen LogP contribution >= 0.6 is 11.8 Å². The summed E-state index contributed by atoms with van der Waals surface area (Å²) < 4.78 is 0. The van der Waals surface area contributed by atoms with Crippen molar-refractivity contribution in [3.05, 3.63) is 48.0 Å². The first-order chi connectivity index (χ1) is 18.5. The van der Waals surface area contributed by atoms with Crippen molar-refractivity contribution in [2.45, 2.75) is 49.9 Å². The average molecular weight is 564 g/mol. The minimum Gasteiger partial charge on any atom is -0.508 e. The summed E-state index contributed by atoms with van der Waals surface area (Å²) in [6.45, 7) is 0. The predicted octanol–water partition coefficient (Wildman–Crippen LogP) is -1.60. The highest BCUT2D eigenvalue weighted by Crippen LogP contribution is 2.11. The van der Waals surface area contributed by atoms with E-state index in [0.29, 0.717) is 17.0 Å². The number of carbonyl (C=O) groups is 5. The van der Waals surface area contributed by atoms with Crippen molar-refractivity contribution in [2.75, 3.05) is 12.0 Å². The molecule has 1 aromatic carbocycles. The maximum absolute atomic E-state index is 13.1. The molecule has 0 saturated heterocycles. The number of aliphatic carboxylic acids is 1. The van der Waals surface area contributed by atoms with Gasteiger partial charge >= 0.3 is 5.97 Å². The van der Waals surface area contributed by atoms with Gasteiger partial charge in [-0.15, -0.1) is 0 Å². The number of phenolic OH excluding ortho intramolecular Hbond substituents is 1. The lowest BCUT2D eigenvalue weighted by molar-refractivity contribution is -0.142. The third kappa shape index (κ3) is 10.6. The number of H-pyrrole nitrogens is 1. The molecule has 0 bridgehead atoms. The van der Waals surface area contributed by atoms with Crippen molar-refractivity contribution in [1.82, 2.24) is 25.9 Å². The molecule has 1 aromatic heterocycles. The number of phenols is 1. The first-order valence-electron chi connectivity index (χ1n) is 11.9. The smallest absolute Gasteiger partial charge is 0.326 e. The standard InChI is InChI=1S/C24H33N7O7S/c1-39-7-6-17(24(37)38)29-22(35)18(9-14-11-27-12-28-14)31-23(36)19(10-20(26)33)30-21(34)16(25)8-13-2-4-15(32)5-3-13/h2-5,11-12,16-19,32H,6-10,25H2,1H3,(H2,26,33)(H,27,28)(H,29,35)(H,30,34)(H,31,36)(H,37,38). The Hall–Kier alpha value is -4.11. The number of rotatable bonds is 16. The highest BCUT2D eigenvalue weighted by atomic mass is 32.2. The Labute approximate surface area is 228 Å². The molecule has 2 aromatic rings. The van der Waals surface area contributed by atoms with Gasteiger partial charge in [0.1, 0.15) is 23.9 Å².